The van der Waals surface area contributed by atoms with Gasteiger partial charge in [-0.05, 0) is 20.3 Å². The molecule has 5 nitrogen and oxygen atoms in total. The lowest BCUT2D eigenvalue weighted by molar-refractivity contribution is -0.0187. The van der Waals surface area contributed by atoms with E-state index < -0.39 is 0 Å². The van der Waals surface area contributed by atoms with Crippen LogP contribution in [0.1, 0.15) is 33.6 Å². The molecular formula is C14H31NO4. The van der Waals surface area contributed by atoms with E-state index in [0.717, 1.165) is 19.4 Å². The second kappa shape index (κ2) is 14.2. The summed E-state index contributed by atoms with van der Waals surface area (Å²) in [4.78, 5) is 0. The maximum absolute atomic E-state index is 5.68. The molecule has 5 heteroatoms. The van der Waals surface area contributed by atoms with Crippen LogP contribution in [0.4, 0.5) is 0 Å². The Balaban J connectivity index is 3.03. The van der Waals surface area contributed by atoms with Crippen LogP contribution in [-0.2, 0) is 18.9 Å². The first kappa shape index (κ1) is 18.8. The zero-order valence-corrected chi connectivity index (χ0v) is 12.7. The summed E-state index contributed by atoms with van der Waals surface area (Å²) in [7, 11) is 0. The minimum atomic E-state index is 0.0519. The summed E-state index contributed by atoms with van der Waals surface area (Å²) < 4.78 is 21.6. The molecule has 1 unspecified atom stereocenters. The second-order valence-electron chi connectivity index (χ2n) is 4.63. The average molecular weight is 277 g/mol. The van der Waals surface area contributed by atoms with Crippen LogP contribution < -0.4 is 5.73 Å². The molecule has 0 aromatic rings. The number of ether oxygens (including phenoxy) is 4. The Morgan fingerprint density at radius 2 is 1.26 bits per heavy atom. The molecule has 0 spiro atoms. The predicted molar refractivity (Wildman–Crippen MR) is 76.4 cm³/mol. The van der Waals surface area contributed by atoms with Crippen molar-refractivity contribution in [3.05, 3.63) is 0 Å². The zero-order valence-electron chi connectivity index (χ0n) is 12.7. The molecule has 0 bridgehead atoms. The van der Waals surface area contributed by atoms with Gasteiger partial charge >= 0.3 is 0 Å². The molecule has 0 saturated heterocycles. The molecule has 0 aromatic carbocycles. The quantitative estimate of drug-likeness (QED) is 0.489. The summed E-state index contributed by atoms with van der Waals surface area (Å²) >= 11 is 0. The fourth-order valence-corrected chi connectivity index (χ4v) is 1.23. The molecule has 0 aliphatic heterocycles. The molecular weight excluding hydrogens is 246 g/mol. The maximum atomic E-state index is 5.68. The zero-order chi connectivity index (χ0) is 14.3. The molecule has 2 atom stereocenters. The third kappa shape index (κ3) is 14.0. The monoisotopic (exact) mass is 277 g/mol. The number of rotatable bonds is 14. The van der Waals surface area contributed by atoms with Crippen molar-refractivity contribution in [3.8, 4) is 0 Å². The van der Waals surface area contributed by atoms with Gasteiger partial charge in [-0.3, -0.25) is 0 Å². The van der Waals surface area contributed by atoms with Crippen molar-refractivity contribution >= 4 is 0 Å². The fraction of sp³-hybridized carbons (Fsp3) is 1.00. The fourth-order valence-electron chi connectivity index (χ4n) is 1.23. The molecule has 0 aromatic heterocycles. The van der Waals surface area contributed by atoms with Gasteiger partial charge in [-0.15, -0.1) is 0 Å². The van der Waals surface area contributed by atoms with E-state index >= 15 is 0 Å². The number of unbranched alkanes of at least 4 members (excludes halogenated alkanes) is 1. The van der Waals surface area contributed by atoms with E-state index in [1.54, 1.807) is 0 Å². The summed E-state index contributed by atoms with van der Waals surface area (Å²) in [6.07, 6.45) is 2.35. The third-order valence-corrected chi connectivity index (χ3v) is 2.74. The van der Waals surface area contributed by atoms with Gasteiger partial charge in [0.15, 0.2) is 0 Å². The smallest absolute Gasteiger partial charge is 0.0704 e. The molecule has 2 N–H and O–H groups in total. The van der Waals surface area contributed by atoms with E-state index in [2.05, 4.69) is 6.92 Å². The summed E-state index contributed by atoms with van der Waals surface area (Å²) in [5.74, 6) is 0. The lowest BCUT2D eigenvalue weighted by atomic mass is 10.2. The number of hydrogen-bond acceptors (Lipinski definition) is 5. The Bertz CT molecular complexity index is 179. The van der Waals surface area contributed by atoms with Gasteiger partial charge in [0.25, 0.3) is 0 Å². The first-order valence-corrected chi connectivity index (χ1v) is 7.28. The van der Waals surface area contributed by atoms with Crippen LogP contribution in [0, 0.1) is 0 Å². The van der Waals surface area contributed by atoms with E-state index in [1.165, 1.54) is 0 Å². The van der Waals surface area contributed by atoms with Crippen molar-refractivity contribution in [2.75, 3.05) is 46.2 Å². The van der Waals surface area contributed by atoms with Crippen LogP contribution in [-0.4, -0.2) is 58.4 Å². The van der Waals surface area contributed by atoms with Gasteiger partial charge in [-0.2, -0.15) is 0 Å². The highest BCUT2D eigenvalue weighted by molar-refractivity contribution is 4.61. The van der Waals surface area contributed by atoms with E-state index in [0.29, 0.717) is 39.6 Å². The highest BCUT2D eigenvalue weighted by Gasteiger charge is 2.06. The Kier molecular flexibility index (Phi) is 14.1. The summed E-state index contributed by atoms with van der Waals surface area (Å²) in [6.45, 7) is 10.5. The van der Waals surface area contributed by atoms with Crippen molar-refractivity contribution in [2.45, 2.75) is 45.8 Å². The van der Waals surface area contributed by atoms with E-state index in [4.69, 9.17) is 24.7 Å². The molecule has 0 aliphatic carbocycles. The summed E-state index contributed by atoms with van der Waals surface area (Å²) in [5, 5.41) is 0. The first-order chi connectivity index (χ1) is 9.18. The van der Waals surface area contributed by atoms with Gasteiger partial charge < -0.3 is 24.7 Å². The van der Waals surface area contributed by atoms with Gasteiger partial charge in [-0.1, -0.05) is 13.3 Å². The average Bonchev–Trinajstić information content (AvgIpc) is 2.39. The molecule has 19 heavy (non-hydrogen) atoms. The van der Waals surface area contributed by atoms with Crippen LogP contribution in [0.3, 0.4) is 0 Å². The van der Waals surface area contributed by atoms with Crippen LogP contribution in [0.2, 0.25) is 0 Å². The van der Waals surface area contributed by atoms with Crippen LogP contribution >= 0.6 is 0 Å². The minimum absolute atomic E-state index is 0.0519. The lowest BCUT2D eigenvalue weighted by Crippen LogP contribution is -2.32. The lowest BCUT2D eigenvalue weighted by Gasteiger charge is -2.16. The van der Waals surface area contributed by atoms with Crippen molar-refractivity contribution in [1.82, 2.24) is 0 Å². The standard InChI is InChI=1S/C14H31NO4/c1-4-5-6-16-7-8-17-9-10-18-11-12-19-14(3)13(2)15/h13-14H,4-12,15H2,1-3H3/t13-,14?/m1/s1. The van der Waals surface area contributed by atoms with Crippen molar-refractivity contribution in [1.29, 1.82) is 0 Å². The molecule has 0 fully saturated rings. The largest absolute Gasteiger partial charge is 0.379 e. The van der Waals surface area contributed by atoms with Gasteiger partial charge in [0.1, 0.15) is 0 Å². The Morgan fingerprint density at radius 3 is 1.74 bits per heavy atom. The number of nitrogens with two attached hydrogens (primary N) is 1. The minimum Gasteiger partial charge on any atom is -0.379 e. The summed E-state index contributed by atoms with van der Waals surface area (Å²) in [6, 6.07) is 0.0519. The highest BCUT2D eigenvalue weighted by atomic mass is 16.6. The van der Waals surface area contributed by atoms with E-state index in [-0.39, 0.29) is 12.1 Å². The third-order valence-electron chi connectivity index (χ3n) is 2.74. The predicted octanol–water partition coefficient (Wildman–Crippen LogP) is 1.59. The number of hydrogen-bond donors (Lipinski definition) is 1. The van der Waals surface area contributed by atoms with Crippen LogP contribution in [0.25, 0.3) is 0 Å². The first-order valence-electron chi connectivity index (χ1n) is 7.28. The van der Waals surface area contributed by atoms with Gasteiger partial charge in [0.05, 0.1) is 45.7 Å². The Morgan fingerprint density at radius 1 is 0.789 bits per heavy atom. The second-order valence-corrected chi connectivity index (χ2v) is 4.63. The molecule has 0 amide bonds. The van der Waals surface area contributed by atoms with Gasteiger partial charge in [0, 0.05) is 12.6 Å². The molecule has 0 aliphatic rings. The van der Waals surface area contributed by atoms with Gasteiger partial charge in [0.2, 0.25) is 0 Å². The molecule has 0 radical (unpaired) electrons. The molecule has 0 rings (SSSR count). The molecule has 116 valence electrons. The van der Waals surface area contributed by atoms with Gasteiger partial charge in [-0.25, -0.2) is 0 Å². The Hall–Kier alpha value is -0.200. The molecule has 0 saturated carbocycles. The van der Waals surface area contributed by atoms with E-state index in [9.17, 15) is 0 Å². The summed E-state index contributed by atoms with van der Waals surface area (Å²) in [5.41, 5.74) is 5.68. The Labute approximate surface area is 117 Å². The normalized spacial score (nSPS) is 14.5. The highest BCUT2D eigenvalue weighted by Crippen LogP contribution is 1.94. The van der Waals surface area contributed by atoms with Crippen LogP contribution in [0.5, 0.6) is 0 Å². The maximum Gasteiger partial charge on any atom is 0.0704 e. The van der Waals surface area contributed by atoms with Crippen molar-refractivity contribution in [3.63, 3.8) is 0 Å². The van der Waals surface area contributed by atoms with Crippen LogP contribution in [0.15, 0.2) is 0 Å². The van der Waals surface area contributed by atoms with E-state index in [1.807, 2.05) is 13.8 Å². The van der Waals surface area contributed by atoms with Crippen molar-refractivity contribution < 1.29 is 18.9 Å². The SMILES string of the molecule is CCCCOCCOCCOCCOC(C)[C@@H](C)N. The van der Waals surface area contributed by atoms with Crippen molar-refractivity contribution in [2.24, 2.45) is 5.73 Å². The topological polar surface area (TPSA) is 62.9 Å². The molecule has 0 heterocycles.